The first-order valence-corrected chi connectivity index (χ1v) is 9.23. The molecule has 5 nitrogen and oxygen atoms in total. The minimum absolute atomic E-state index is 0.114. The second kappa shape index (κ2) is 7.00. The van der Waals surface area contributed by atoms with Crippen molar-refractivity contribution in [2.75, 3.05) is 19.6 Å². The minimum Gasteiger partial charge on any atom is -0.360 e. The van der Waals surface area contributed by atoms with Gasteiger partial charge in [-0.25, -0.2) is 0 Å². The number of amides is 1. The van der Waals surface area contributed by atoms with Crippen LogP contribution in [0.5, 0.6) is 0 Å². The maximum atomic E-state index is 12.4. The van der Waals surface area contributed by atoms with Crippen molar-refractivity contribution in [1.82, 2.24) is 15.4 Å². The molecule has 25 heavy (non-hydrogen) atoms. The van der Waals surface area contributed by atoms with Gasteiger partial charge in [0.05, 0.1) is 0 Å². The van der Waals surface area contributed by atoms with Crippen LogP contribution < -0.4 is 5.32 Å². The first kappa shape index (κ1) is 16.3. The Hall–Kier alpha value is -2.14. The van der Waals surface area contributed by atoms with E-state index in [9.17, 15) is 4.79 Å². The van der Waals surface area contributed by atoms with E-state index in [0.29, 0.717) is 17.5 Å². The van der Waals surface area contributed by atoms with Crippen LogP contribution in [0.25, 0.3) is 0 Å². The number of nitrogens with zero attached hydrogens (tertiary/aromatic N) is 2. The lowest BCUT2D eigenvalue weighted by molar-refractivity contribution is 0.0922. The Morgan fingerprint density at radius 2 is 2.08 bits per heavy atom. The van der Waals surface area contributed by atoms with Crippen molar-refractivity contribution in [2.45, 2.75) is 38.1 Å². The highest BCUT2D eigenvalue weighted by Crippen LogP contribution is 2.40. The summed E-state index contributed by atoms with van der Waals surface area (Å²) >= 11 is 0. The predicted octanol–water partition coefficient (Wildman–Crippen LogP) is 2.84. The molecule has 2 heterocycles. The molecule has 2 aliphatic rings. The molecule has 132 valence electrons. The second-order valence-corrected chi connectivity index (χ2v) is 7.44. The molecule has 4 rings (SSSR count). The molecule has 1 aromatic carbocycles. The molecule has 5 heteroatoms. The van der Waals surface area contributed by atoms with Crippen molar-refractivity contribution in [3.63, 3.8) is 0 Å². The van der Waals surface area contributed by atoms with Gasteiger partial charge in [-0.1, -0.05) is 42.4 Å². The first-order chi connectivity index (χ1) is 12.2. The van der Waals surface area contributed by atoms with Gasteiger partial charge in [0.2, 0.25) is 0 Å². The van der Waals surface area contributed by atoms with Crippen molar-refractivity contribution in [2.24, 2.45) is 5.92 Å². The van der Waals surface area contributed by atoms with E-state index < -0.39 is 0 Å². The fraction of sp³-hybridized carbons (Fsp3) is 0.500. The molecule has 1 N–H and O–H groups in total. The van der Waals surface area contributed by atoms with Crippen LogP contribution in [0, 0.1) is 5.92 Å². The Morgan fingerprint density at radius 3 is 2.84 bits per heavy atom. The molecular formula is C20H25N3O2. The maximum absolute atomic E-state index is 12.4. The van der Waals surface area contributed by atoms with Crippen LogP contribution in [-0.4, -0.2) is 41.6 Å². The van der Waals surface area contributed by atoms with E-state index in [1.54, 1.807) is 6.07 Å². The van der Waals surface area contributed by atoms with Gasteiger partial charge in [0.25, 0.3) is 5.91 Å². The number of nitrogens with one attached hydrogen (secondary N) is 1. The fourth-order valence-corrected chi connectivity index (χ4v) is 3.57. The topological polar surface area (TPSA) is 58.4 Å². The van der Waals surface area contributed by atoms with Crippen molar-refractivity contribution in [1.29, 1.82) is 0 Å². The molecule has 1 aromatic heterocycles. The number of benzene rings is 1. The second-order valence-electron chi connectivity index (χ2n) is 7.44. The largest absolute Gasteiger partial charge is 0.360 e. The molecule has 1 aliphatic carbocycles. The number of aromatic nitrogens is 1. The van der Waals surface area contributed by atoms with E-state index in [2.05, 4.69) is 46.6 Å². The van der Waals surface area contributed by atoms with Gasteiger partial charge in [0, 0.05) is 37.7 Å². The van der Waals surface area contributed by atoms with E-state index in [4.69, 9.17) is 4.52 Å². The summed E-state index contributed by atoms with van der Waals surface area (Å²) in [6.07, 6.45) is 3.33. The smallest absolute Gasteiger partial charge is 0.273 e. The number of rotatable bonds is 6. The van der Waals surface area contributed by atoms with Crippen LogP contribution in [-0.2, 0) is 6.42 Å². The molecule has 2 atom stereocenters. The lowest BCUT2D eigenvalue weighted by Gasteiger charge is -2.16. The van der Waals surface area contributed by atoms with Crippen LogP contribution >= 0.6 is 0 Å². The van der Waals surface area contributed by atoms with Gasteiger partial charge >= 0.3 is 0 Å². The van der Waals surface area contributed by atoms with Gasteiger partial charge in [0.1, 0.15) is 5.76 Å². The summed E-state index contributed by atoms with van der Waals surface area (Å²) in [6, 6.07) is 12.5. The Kier molecular flexibility index (Phi) is 4.57. The van der Waals surface area contributed by atoms with Crippen LogP contribution in [0.2, 0.25) is 0 Å². The van der Waals surface area contributed by atoms with Gasteiger partial charge in [-0.05, 0) is 30.7 Å². The highest BCUT2D eigenvalue weighted by molar-refractivity contribution is 5.92. The Balaban J connectivity index is 1.29. The average molecular weight is 339 g/mol. The lowest BCUT2D eigenvalue weighted by Crippen LogP contribution is -2.40. The van der Waals surface area contributed by atoms with E-state index in [1.807, 2.05) is 6.07 Å². The van der Waals surface area contributed by atoms with Gasteiger partial charge in [-0.15, -0.1) is 0 Å². The monoisotopic (exact) mass is 339 g/mol. The quantitative estimate of drug-likeness (QED) is 0.879. The average Bonchev–Trinajstić information content (AvgIpc) is 3.25. The molecule has 1 amide bonds. The zero-order chi connectivity index (χ0) is 17.2. The summed E-state index contributed by atoms with van der Waals surface area (Å²) < 4.78 is 5.29. The standard InChI is InChI=1S/C20H25N3O2/c1-14-12-23(10-9-15-5-3-2-4-6-15)13-18(14)21-20(24)17-11-19(25-22-17)16-7-8-16/h2-6,11,14,16,18H,7-10,12-13H2,1H3,(H,21,24). The third-order valence-electron chi connectivity index (χ3n) is 5.30. The molecule has 0 spiro atoms. The SMILES string of the molecule is CC1CN(CCc2ccccc2)CC1NC(=O)c1cc(C2CC2)on1. The summed E-state index contributed by atoms with van der Waals surface area (Å²) in [6.45, 7) is 5.14. The molecular weight excluding hydrogens is 314 g/mol. The normalized spacial score (nSPS) is 23.7. The van der Waals surface area contributed by atoms with Gasteiger partial charge in [-0.3, -0.25) is 4.79 Å². The van der Waals surface area contributed by atoms with E-state index in [1.165, 1.54) is 5.56 Å². The van der Waals surface area contributed by atoms with Crippen molar-refractivity contribution < 1.29 is 9.32 Å². The van der Waals surface area contributed by atoms with Crippen molar-refractivity contribution in [3.8, 4) is 0 Å². The molecule has 0 bridgehead atoms. The van der Waals surface area contributed by atoms with Crippen LogP contribution in [0.3, 0.4) is 0 Å². The summed E-state index contributed by atoms with van der Waals surface area (Å²) in [5, 5.41) is 7.08. The summed E-state index contributed by atoms with van der Waals surface area (Å²) in [5.41, 5.74) is 1.77. The zero-order valence-corrected chi connectivity index (χ0v) is 14.6. The molecule has 1 saturated heterocycles. The Labute approximate surface area is 148 Å². The van der Waals surface area contributed by atoms with Crippen molar-refractivity contribution >= 4 is 5.91 Å². The molecule has 2 aromatic rings. The highest BCUT2D eigenvalue weighted by atomic mass is 16.5. The molecule has 1 saturated carbocycles. The fourth-order valence-electron chi connectivity index (χ4n) is 3.57. The first-order valence-electron chi connectivity index (χ1n) is 9.23. The van der Waals surface area contributed by atoms with Gasteiger partial charge < -0.3 is 14.7 Å². The highest BCUT2D eigenvalue weighted by Gasteiger charge is 2.32. The Bertz CT molecular complexity index is 724. The third kappa shape index (κ3) is 3.93. The number of likely N-dealkylation sites (tertiary alicyclic amines) is 1. The molecule has 2 fully saturated rings. The lowest BCUT2D eigenvalue weighted by atomic mass is 10.1. The third-order valence-corrected chi connectivity index (χ3v) is 5.30. The van der Waals surface area contributed by atoms with Gasteiger partial charge in [0.15, 0.2) is 5.69 Å². The van der Waals surface area contributed by atoms with Crippen LogP contribution in [0.15, 0.2) is 40.9 Å². The summed E-state index contributed by atoms with van der Waals surface area (Å²) in [5.74, 6) is 1.66. The Morgan fingerprint density at radius 1 is 1.28 bits per heavy atom. The maximum Gasteiger partial charge on any atom is 0.273 e. The minimum atomic E-state index is -0.114. The van der Waals surface area contributed by atoms with Crippen LogP contribution in [0.4, 0.5) is 0 Å². The zero-order valence-electron chi connectivity index (χ0n) is 14.6. The molecule has 0 radical (unpaired) electrons. The van der Waals surface area contributed by atoms with E-state index in [-0.39, 0.29) is 11.9 Å². The van der Waals surface area contributed by atoms with Crippen LogP contribution in [0.1, 0.15) is 47.5 Å². The number of hydrogen-bond acceptors (Lipinski definition) is 4. The predicted molar refractivity (Wildman–Crippen MR) is 95.5 cm³/mol. The van der Waals surface area contributed by atoms with Gasteiger partial charge in [-0.2, -0.15) is 0 Å². The number of carbonyl (C=O) groups is 1. The van der Waals surface area contributed by atoms with E-state index in [0.717, 1.165) is 44.7 Å². The van der Waals surface area contributed by atoms with Crippen molar-refractivity contribution in [3.05, 3.63) is 53.4 Å². The molecule has 1 aliphatic heterocycles. The summed E-state index contributed by atoms with van der Waals surface area (Å²) in [7, 11) is 0. The molecule has 2 unspecified atom stereocenters. The number of carbonyl (C=O) groups excluding carboxylic acids is 1. The summed E-state index contributed by atoms with van der Waals surface area (Å²) in [4.78, 5) is 14.9. The van der Waals surface area contributed by atoms with E-state index >= 15 is 0 Å². The number of hydrogen-bond donors (Lipinski definition) is 1.